The van der Waals surface area contributed by atoms with Crippen molar-refractivity contribution in [2.45, 2.75) is 12.5 Å². The summed E-state index contributed by atoms with van der Waals surface area (Å²) >= 11 is 5.97. The Morgan fingerprint density at radius 1 is 1.00 bits per heavy atom. The summed E-state index contributed by atoms with van der Waals surface area (Å²) < 4.78 is 14.2. The van der Waals surface area contributed by atoms with Crippen LogP contribution < -0.4 is 10.9 Å². The van der Waals surface area contributed by atoms with Crippen molar-refractivity contribution < 1.29 is 14.0 Å². The summed E-state index contributed by atoms with van der Waals surface area (Å²) in [7, 11) is 0. The molecule has 1 N–H and O–H groups in total. The van der Waals surface area contributed by atoms with E-state index in [1.807, 2.05) is 30.3 Å². The average Bonchev–Trinajstić information content (AvgIpc) is 2.72. The number of hydrogen-bond donors (Lipinski definition) is 1. The highest BCUT2D eigenvalue weighted by molar-refractivity contribution is 6.30. The van der Waals surface area contributed by atoms with E-state index in [0.717, 1.165) is 22.3 Å². The molecule has 1 heterocycles. The molecule has 3 rings (SSSR count). The summed E-state index contributed by atoms with van der Waals surface area (Å²) in [4.78, 5) is 38.2. The highest BCUT2D eigenvalue weighted by Gasteiger charge is 2.30. The molecule has 0 radical (unpaired) electrons. The van der Waals surface area contributed by atoms with Crippen molar-refractivity contribution in [1.82, 2.24) is 9.88 Å². The van der Waals surface area contributed by atoms with Gasteiger partial charge in [0.25, 0.3) is 11.5 Å². The molecule has 2 aromatic carbocycles. The van der Waals surface area contributed by atoms with E-state index in [1.165, 1.54) is 30.5 Å². The van der Waals surface area contributed by atoms with Crippen LogP contribution in [0.25, 0.3) is 0 Å². The summed E-state index contributed by atoms with van der Waals surface area (Å²) in [6, 6.07) is 15.4. The summed E-state index contributed by atoms with van der Waals surface area (Å²) in [5, 5.41) is 2.91. The number of benzene rings is 2. The molecule has 0 saturated heterocycles. The fourth-order valence-electron chi connectivity index (χ4n) is 2.89. The van der Waals surface area contributed by atoms with Crippen molar-refractivity contribution in [3.05, 3.63) is 105 Å². The number of carbonyl (C=O) groups is 2. The highest BCUT2D eigenvalue weighted by Crippen LogP contribution is 2.16. The van der Waals surface area contributed by atoms with Gasteiger partial charge in [-0.05, 0) is 42.3 Å². The lowest BCUT2D eigenvalue weighted by Gasteiger charge is -2.19. The fraction of sp³-hybridized carbons (Fsp3) is 0.136. The molecular formula is C22H18ClFN2O3. The smallest absolute Gasteiger partial charge is 0.251 e. The summed E-state index contributed by atoms with van der Waals surface area (Å²) in [6.45, 7) is 0.283. The van der Waals surface area contributed by atoms with Crippen LogP contribution in [0.5, 0.6) is 0 Å². The minimum Gasteiger partial charge on any atom is -0.354 e. The third-order valence-corrected chi connectivity index (χ3v) is 4.58. The monoisotopic (exact) mass is 412 g/mol. The van der Waals surface area contributed by atoms with Crippen LogP contribution in [0.1, 0.15) is 22.0 Å². The quantitative estimate of drug-likeness (QED) is 0.477. The topological polar surface area (TPSA) is 68.2 Å². The van der Waals surface area contributed by atoms with Crippen LogP contribution >= 0.6 is 11.6 Å². The number of aromatic nitrogens is 1. The molecule has 0 aliphatic carbocycles. The van der Waals surface area contributed by atoms with Crippen molar-refractivity contribution in [2.75, 3.05) is 6.54 Å². The van der Waals surface area contributed by atoms with E-state index in [2.05, 4.69) is 5.32 Å². The molecule has 1 aromatic heterocycles. The number of Topliss-reactive ketones (excluding diaryl/α,β-unsaturated/α-hetero) is 1. The number of hydrogen-bond acceptors (Lipinski definition) is 3. The molecule has 148 valence electrons. The van der Waals surface area contributed by atoms with Gasteiger partial charge in [-0.25, -0.2) is 4.39 Å². The maximum absolute atomic E-state index is 13.2. The maximum atomic E-state index is 13.2. The number of rotatable bonds is 7. The average molecular weight is 413 g/mol. The molecule has 7 heteroatoms. The van der Waals surface area contributed by atoms with E-state index in [0.29, 0.717) is 6.42 Å². The van der Waals surface area contributed by atoms with Crippen LogP contribution in [0.2, 0.25) is 5.02 Å². The third-order valence-electron chi connectivity index (χ3n) is 4.36. The second-order valence-corrected chi connectivity index (χ2v) is 6.83. The van der Waals surface area contributed by atoms with Gasteiger partial charge in [-0.2, -0.15) is 0 Å². The number of ketones is 1. The molecule has 0 saturated carbocycles. The Morgan fingerprint density at radius 2 is 1.69 bits per heavy atom. The van der Waals surface area contributed by atoms with Crippen molar-refractivity contribution in [1.29, 1.82) is 0 Å². The molecule has 3 aromatic rings. The van der Waals surface area contributed by atoms with E-state index in [-0.39, 0.29) is 17.1 Å². The number of pyridine rings is 1. The Kier molecular flexibility index (Phi) is 6.57. The largest absolute Gasteiger partial charge is 0.354 e. The number of amides is 1. The Labute approximate surface area is 171 Å². The van der Waals surface area contributed by atoms with Crippen molar-refractivity contribution >= 4 is 23.3 Å². The number of carbonyl (C=O) groups excluding carboxylic acids is 2. The predicted octanol–water partition coefficient (Wildman–Crippen LogP) is 3.42. The minimum absolute atomic E-state index is 0.112. The SMILES string of the molecule is O=C(NCCc1ccccc1)[C@H](C(=O)c1ccc(F)cc1)n1cc(Cl)ccc1=O. The third kappa shape index (κ3) is 5.18. The van der Waals surface area contributed by atoms with Crippen LogP contribution in [0.3, 0.4) is 0 Å². The van der Waals surface area contributed by atoms with Crippen LogP contribution in [0, 0.1) is 5.82 Å². The van der Waals surface area contributed by atoms with Crippen LogP contribution in [0.15, 0.2) is 77.7 Å². The molecule has 0 spiro atoms. The molecule has 0 aliphatic heterocycles. The van der Waals surface area contributed by atoms with Gasteiger partial charge in [0.1, 0.15) is 5.82 Å². The van der Waals surface area contributed by atoms with Gasteiger partial charge < -0.3 is 5.32 Å². The lowest BCUT2D eigenvalue weighted by atomic mass is 10.0. The summed E-state index contributed by atoms with van der Waals surface area (Å²) in [5.74, 6) is -1.78. The molecule has 1 amide bonds. The van der Waals surface area contributed by atoms with Gasteiger partial charge in [-0.3, -0.25) is 19.0 Å². The zero-order chi connectivity index (χ0) is 20.8. The second-order valence-electron chi connectivity index (χ2n) is 6.39. The molecular weight excluding hydrogens is 395 g/mol. The van der Waals surface area contributed by atoms with E-state index >= 15 is 0 Å². The minimum atomic E-state index is -1.46. The second kappa shape index (κ2) is 9.30. The van der Waals surface area contributed by atoms with Gasteiger partial charge in [-0.15, -0.1) is 0 Å². The van der Waals surface area contributed by atoms with Gasteiger partial charge in [0.2, 0.25) is 0 Å². The Bertz CT molecular complexity index is 1070. The Hall–Kier alpha value is -3.25. The zero-order valence-electron chi connectivity index (χ0n) is 15.3. The molecule has 1 atom stereocenters. The molecule has 5 nitrogen and oxygen atoms in total. The van der Waals surface area contributed by atoms with Gasteiger partial charge in [0, 0.05) is 24.4 Å². The molecule has 0 bridgehead atoms. The van der Waals surface area contributed by atoms with Crippen LogP contribution in [-0.4, -0.2) is 22.8 Å². The van der Waals surface area contributed by atoms with Crippen molar-refractivity contribution in [3.63, 3.8) is 0 Å². The molecule has 29 heavy (non-hydrogen) atoms. The van der Waals surface area contributed by atoms with Gasteiger partial charge in [0.05, 0.1) is 5.02 Å². The first-order valence-corrected chi connectivity index (χ1v) is 9.32. The Morgan fingerprint density at radius 3 is 2.38 bits per heavy atom. The molecule has 0 aliphatic rings. The lowest BCUT2D eigenvalue weighted by Crippen LogP contribution is -2.41. The van der Waals surface area contributed by atoms with Gasteiger partial charge in [-0.1, -0.05) is 41.9 Å². The standard InChI is InChI=1S/C22H18ClFN2O3/c23-17-8-11-19(27)26(14-17)20(21(28)16-6-9-18(24)10-7-16)22(29)25-13-12-15-4-2-1-3-5-15/h1-11,14,20H,12-13H2,(H,25,29)/t20-/m0/s1. The van der Waals surface area contributed by atoms with Crippen molar-refractivity contribution in [3.8, 4) is 0 Å². The summed E-state index contributed by atoms with van der Waals surface area (Å²) in [6.07, 6.45) is 1.81. The Balaban J connectivity index is 1.86. The van der Waals surface area contributed by atoms with Gasteiger partial charge in [0.15, 0.2) is 11.8 Å². The van der Waals surface area contributed by atoms with E-state index in [1.54, 1.807) is 0 Å². The number of nitrogens with zero attached hydrogens (tertiary/aromatic N) is 1. The first-order valence-electron chi connectivity index (χ1n) is 8.95. The normalized spacial score (nSPS) is 11.7. The van der Waals surface area contributed by atoms with E-state index in [4.69, 9.17) is 11.6 Å². The van der Waals surface area contributed by atoms with E-state index in [9.17, 15) is 18.8 Å². The summed E-state index contributed by atoms with van der Waals surface area (Å²) in [5.41, 5.74) is 0.587. The zero-order valence-corrected chi connectivity index (χ0v) is 16.1. The first-order chi connectivity index (χ1) is 14.0. The molecule has 0 fully saturated rings. The maximum Gasteiger partial charge on any atom is 0.251 e. The first kappa shape index (κ1) is 20.5. The highest BCUT2D eigenvalue weighted by atomic mass is 35.5. The van der Waals surface area contributed by atoms with Crippen LogP contribution in [0.4, 0.5) is 4.39 Å². The fourth-order valence-corrected chi connectivity index (χ4v) is 3.06. The van der Waals surface area contributed by atoms with Gasteiger partial charge >= 0.3 is 0 Å². The van der Waals surface area contributed by atoms with Crippen molar-refractivity contribution in [2.24, 2.45) is 0 Å². The predicted molar refractivity (Wildman–Crippen MR) is 109 cm³/mol. The van der Waals surface area contributed by atoms with E-state index < -0.39 is 29.1 Å². The molecule has 0 unspecified atom stereocenters. The lowest BCUT2D eigenvalue weighted by molar-refractivity contribution is -0.123. The number of nitrogens with one attached hydrogen (secondary N) is 1. The van der Waals surface area contributed by atoms with Crippen LogP contribution in [-0.2, 0) is 11.2 Å². The number of halogens is 2.